The Morgan fingerprint density at radius 2 is 0.923 bits per heavy atom. The topological polar surface area (TPSA) is 78.4 Å². The van der Waals surface area contributed by atoms with Crippen LogP contribution < -0.4 is 15.3 Å². The van der Waals surface area contributed by atoms with E-state index in [-0.39, 0.29) is 19.8 Å². The van der Waals surface area contributed by atoms with Crippen LogP contribution >= 0.6 is 0 Å². The van der Waals surface area contributed by atoms with Gasteiger partial charge in [-0.1, -0.05) is 20.8 Å². The standard InChI is InChI=1S/4C2H5O.Hf/c4*1-2-3;/h4*2H2,1H3;/q4*-1;+4. The fraction of sp³-hybridized carbons (Fsp3) is 1.00. The summed E-state index contributed by atoms with van der Waals surface area (Å²) in [7, 11) is 0. The predicted octanol–water partition coefficient (Wildman–Crippen LogP) is -1.42. The maximum absolute atomic E-state index is 8.93. The third kappa shape index (κ3) is 499. The predicted molar refractivity (Wildman–Crippen MR) is 43.2 cm³/mol. The van der Waals surface area contributed by atoms with Crippen molar-refractivity contribution in [3.05, 3.63) is 0 Å². The van der Waals surface area contributed by atoms with Crippen LogP contribution in [0.25, 0.3) is 0 Å². The molecule has 0 unspecified atom stereocenters. The molecule has 0 heterocycles. The average molecular weight is 359 g/mol. The van der Waals surface area contributed by atoms with Crippen molar-refractivity contribution in [3.63, 3.8) is 0 Å². The van der Waals surface area contributed by atoms with Gasteiger partial charge in [0, 0.05) is 0 Å². The Hall–Kier alpha value is 0.710. The summed E-state index contributed by atoms with van der Waals surface area (Å²) >= 11 is 0.890. The zero-order valence-corrected chi connectivity index (χ0v) is 12.6. The van der Waals surface area contributed by atoms with Crippen LogP contribution in [-0.2, 0) is 27.7 Å². The molecule has 0 saturated carbocycles. The Labute approximate surface area is 97.1 Å². The second kappa shape index (κ2) is 53.5. The summed E-state index contributed by atoms with van der Waals surface area (Å²) in [5, 5.41) is 26.8. The molecule has 0 fully saturated rings. The zero-order chi connectivity index (χ0) is 11.5. The van der Waals surface area contributed by atoms with Gasteiger partial charge in [-0.05, 0) is 0 Å². The Bertz CT molecular complexity index is 32.6. The van der Waals surface area contributed by atoms with Gasteiger partial charge in [0.2, 0.25) is 0 Å². The molecule has 80 valence electrons. The molecule has 0 saturated heterocycles. The van der Waals surface area contributed by atoms with E-state index in [4.69, 9.17) is 15.3 Å². The van der Waals surface area contributed by atoms with Crippen LogP contribution in [0.3, 0.4) is 0 Å². The van der Waals surface area contributed by atoms with Gasteiger partial charge in [0.1, 0.15) is 0 Å². The number of hydrogen-bond acceptors (Lipinski definition) is 4. The molecule has 0 N–H and O–H groups in total. The molecule has 0 radical (unpaired) electrons. The Morgan fingerprint density at radius 3 is 0.923 bits per heavy atom. The van der Waals surface area contributed by atoms with Gasteiger partial charge < -0.3 is 15.3 Å². The van der Waals surface area contributed by atoms with Crippen molar-refractivity contribution in [2.75, 3.05) is 26.4 Å². The fourth-order valence-electron chi connectivity index (χ4n) is 0. The van der Waals surface area contributed by atoms with Gasteiger partial charge in [0.15, 0.2) is 0 Å². The van der Waals surface area contributed by atoms with Crippen LogP contribution in [-0.4, -0.2) is 26.4 Å². The first-order valence-corrected chi connectivity index (χ1v) is 5.65. The monoisotopic (exact) mass is 360 g/mol. The van der Waals surface area contributed by atoms with Gasteiger partial charge in [0.25, 0.3) is 0 Å². The first kappa shape index (κ1) is 23.5. The molecule has 0 aromatic heterocycles. The van der Waals surface area contributed by atoms with E-state index in [2.05, 4.69) is 2.85 Å². The molecule has 13 heavy (non-hydrogen) atoms. The molecular weight excluding hydrogens is 339 g/mol. The molecular formula is C8H20HfO4. The third-order valence-corrected chi connectivity index (χ3v) is 1.18. The van der Waals surface area contributed by atoms with Crippen LogP contribution in [0.5, 0.6) is 0 Å². The van der Waals surface area contributed by atoms with Crippen LogP contribution in [0.2, 0.25) is 0 Å². The molecule has 0 aliphatic heterocycles. The normalized spacial score (nSPS) is 6.54. The first-order chi connectivity index (χ1) is 6.16. The molecule has 0 aromatic rings. The van der Waals surface area contributed by atoms with E-state index >= 15 is 0 Å². The van der Waals surface area contributed by atoms with E-state index in [1.807, 2.05) is 6.92 Å². The minimum atomic E-state index is 0. The van der Waals surface area contributed by atoms with E-state index in [9.17, 15) is 0 Å². The van der Waals surface area contributed by atoms with Crippen LogP contribution in [0.15, 0.2) is 0 Å². The number of hydrogen-bond donors (Lipinski definition) is 0. The van der Waals surface area contributed by atoms with Gasteiger partial charge in [-0.2, -0.15) is 0 Å². The summed E-state index contributed by atoms with van der Waals surface area (Å²) in [5.41, 5.74) is 0. The van der Waals surface area contributed by atoms with Gasteiger partial charge in [-0.3, -0.25) is 0 Å². The van der Waals surface area contributed by atoms with Crippen molar-refractivity contribution < 1.29 is 43.0 Å². The summed E-state index contributed by atoms with van der Waals surface area (Å²) in [5.74, 6) is 0. The Kier molecular flexibility index (Phi) is 96.6. The molecule has 0 spiro atoms. The molecule has 0 atom stereocenters. The van der Waals surface area contributed by atoms with Crippen molar-refractivity contribution in [2.24, 2.45) is 0 Å². The quantitative estimate of drug-likeness (QED) is 0.539. The Morgan fingerprint density at radius 1 is 0.846 bits per heavy atom. The molecule has 0 bridgehead atoms. The van der Waals surface area contributed by atoms with Gasteiger partial charge >= 0.3 is 41.2 Å². The summed E-state index contributed by atoms with van der Waals surface area (Å²) in [6, 6.07) is 0. The third-order valence-electron chi connectivity index (χ3n) is 0.144. The average Bonchev–Trinajstić information content (AvgIpc) is 2.08. The molecule has 0 aliphatic carbocycles. The van der Waals surface area contributed by atoms with Gasteiger partial charge in [-0.15, -0.1) is 19.8 Å². The van der Waals surface area contributed by atoms with Crippen LogP contribution in [0.1, 0.15) is 27.7 Å². The van der Waals surface area contributed by atoms with Crippen LogP contribution in [0, 0.1) is 0 Å². The van der Waals surface area contributed by atoms with E-state index < -0.39 is 0 Å². The van der Waals surface area contributed by atoms with Crippen molar-refractivity contribution >= 4 is 0 Å². The molecule has 5 heteroatoms. The van der Waals surface area contributed by atoms with E-state index in [0.29, 0.717) is 0 Å². The van der Waals surface area contributed by atoms with Crippen LogP contribution in [0.4, 0.5) is 0 Å². The maximum atomic E-state index is 8.93. The van der Waals surface area contributed by atoms with E-state index in [1.165, 1.54) is 0 Å². The Balaban J connectivity index is -0.0000000420. The molecule has 4 nitrogen and oxygen atoms in total. The second-order valence-electron chi connectivity index (χ2n) is 1.30. The zero-order valence-electron chi connectivity index (χ0n) is 8.96. The van der Waals surface area contributed by atoms with Gasteiger partial charge in [-0.25, -0.2) is 0 Å². The van der Waals surface area contributed by atoms with Crippen molar-refractivity contribution in [2.45, 2.75) is 27.7 Å². The molecule has 0 aromatic carbocycles. The molecule has 0 rings (SSSR count). The van der Waals surface area contributed by atoms with E-state index in [0.717, 1.165) is 31.4 Å². The minimum absolute atomic E-state index is 0. The summed E-state index contributed by atoms with van der Waals surface area (Å²) in [4.78, 5) is 0. The first-order valence-electron chi connectivity index (χ1n) is 4.19. The van der Waals surface area contributed by atoms with Gasteiger partial charge in [0.05, 0.1) is 0 Å². The molecule has 0 amide bonds. The van der Waals surface area contributed by atoms with Crippen molar-refractivity contribution in [1.29, 1.82) is 0 Å². The second-order valence-corrected chi connectivity index (χ2v) is 2.34. The van der Waals surface area contributed by atoms with Crippen molar-refractivity contribution in [3.8, 4) is 0 Å². The van der Waals surface area contributed by atoms with Crippen molar-refractivity contribution in [1.82, 2.24) is 0 Å². The fourth-order valence-corrected chi connectivity index (χ4v) is 0. The summed E-state index contributed by atoms with van der Waals surface area (Å²) in [6.07, 6.45) is 0. The summed E-state index contributed by atoms with van der Waals surface area (Å²) < 4.78 is 4.68. The SMILES string of the molecule is CC[O-].CC[O-].CC[O-].CC[O][Hf+3]. The number of rotatable bonds is 1. The molecule has 0 aliphatic rings. The van der Waals surface area contributed by atoms with E-state index in [1.54, 1.807) is 20.8 Å². The summed E-state index contributed by atoms with van der Waals surface area (Å²) in [6.45, 7) is 7.58.